The van der Waals surface area contributed by atoms with E-state index in [4.69, 9.17) is 9.26 Å². The van der Waals surface area contributed by atoms with Gasteiger partial charge in [-0.15, -0.1) is 11.3 Å². The van der Waals surface area contributed by atoms with Crippen molar-refractivity contribution in [2.45, 2.75) is 0 Å². The highest BCUT2D eigenvalue weighted by Crippen LogP contribution is 2.26. The number of hydrogen-bond acceptors (Lipinski definition) is 5. The minimum atomic E-state index is -0.275. The molecule has 106 valence electrons. The van der Waals surface area contributed by atoms with Crippen LogP contribution in [0.25, 0.3) is 10.6 Å². The van der Waals surface area contributed by atoms with Crippen molar-refractivity contribution in [1.29, 1.82) is 0 Å². The molecule has 0 radical (unpaired) electrons. The summed E-state index contributed by atoms with van der Waals surface area (Å²) in [6, 6.07) is 12.5. The Bertz CT molecular complexity index is 750. The molecule has 0 spiro atoms. The van der Waals surface area contributed by atoms with Crippen LogP contribution in [-0.4, -0.2) is 18.2 Å². The van der Waals surface area contributed by atoms with E-state index in [0.717, 1.165) is 4.88 Å². The molecule has 0 saturated carbocycles. The Hall–Kier alpha value is -2.60. The van der Waals surface area contributed by atoms with E-state index in [9.17, 15) is 4.79 Å². The summed E-state index contributed by atoms with van der Waals surface area (Å²) >= 11 is 1.56. The van der Waals surface area contributed by atoms with Gasteiger partial charge < -0.3 is 9.26 Å². The van der Waals surface area contributed by atoms with Gasteiger partial charge in [0, 0.05) is 11.6 Å². The first kappa shape index (κ1) is 13.4. The van der Waals surface area contributed by atoms with Crippen LogP contribution >= 0.6 is 11.3 Å². The quantitative estimate of drug-likeness (QED) is 0.798. The molecule has 0 fully saturated rings. The summed E-state index contributed by atoms with van der Waals surface area (Å²) in [5.74, 6) is 0.661. The van der Waals surface area contributed by atoms with E-state index >= 15 is 0 Å². The molecule has 0 unspecified atom stereocenters. The number of rotatable bonds is 4. The molecular formula is C15H12N2O3S. The Balaban J connectivity index is 1.75. The highest BCUT2D eigenvalue weighted by Gasteiger charge is 2.12. The maximum Gasteiger partial charge on any atom is 0.258 e. The van der Waals surface area contributed by atoms with Gasteiger partial charge in [0.25, 0.3) is 5.91 Å². The topological polar surface area (TPSA) is 64.4 Å². The van der Waals surface area contributed by atoms with Crippen molar-refractivity contribution in [1.82, 2.24) is 5.16 Å². The first-order valence-electron chi connectivity index (χ1n) is 6.22. The number of anilines is 1. The lowest BCUT2D eigenvalue weighted by Gasteiger charge is -2.03. The molecule has 0 aliphatic heterocycles. The van der Waals surface area contributed by atoms with Crippen molar-refractivity contribution in [2.75, 3.05) is 12.4 Å². The van der Waals surface area contributed by atoms with Crippen molar-refractivity contribution >= 4 is 23.1 Å². The van der Waals surface area contributed by atoms with E-state index < -0.39 is 0 Å². The third kappa shape index (κ3) is 2.95. The fourth-order valence-corrected chi connectivity index (χ4v) is 2.50. The molecule has 3 rings (SSSR count). The van der Waals surface area contributed by atoms with Crippen LogP contribution in [0.4, 0.5) is 5.88 Å². The lowest BCUT2D eigenvalue weighted by Crippen LogP contribution is -2.11. The van der Waals surface area contributed by atoms with Gasteiger partial charge >= 0.3 is 0 Å². The molecule has 1 aromatic carbocycles. The van der Waals surface area contributed by atoms with E-state index in [2.05, 4.69) is 10.5 Å². The first-order chi connectivity index (χ1) is 10.3. The SMILES string of the molecule is COc1cccc(C(=O)Nc2cc(-c3cccs3)no2)c1. The number of ether oxygens (including phenoxy) is 1. The molecule has 0 aliphatic carbocycles. The number of nitrogens with zero attached hydrogens (tertiary/aromatic N) is 1. The van der Waals surface area contributed by atoms with Gasteiger partial charge in [0.1, 0.15) is 11.4 Å². The number of hydrogen-bond donors (Lipinski definition) is 1. The van der Waals surface area contributed by atoms with E-state index in [-0.39, 0.29) is 5.91 Å². The molecule has 2 heterocycles. The molecule has 6 heteroatoms. The fourth-order valence-electron chi connectivity index (χ4n) is 1.82. The second-order valence-electron chi connectivity index (χ2n) is 4.24. The maximum absolute atomic E-state index is 12.1. The number of amides is 1. The molecule has 2 aromatic heterocycles. The summed E-state index contributed by atoms with van der Waals surface area (Å²) in [6.07, 6.45) is 0. The Labute approximate surface area is 125 Å². The molecule has 5 nitrogen and oxygen atoms in total. The van der Waals surface area contributed by atoms with Crippen LogP contribution in [0.5, 0.6) is 5.75 Å². The lowest BCUT2D eigenvalue weighted by atomic mass is 10.2. The van der Waals surface area contributed by atoms with Crippen LogP contribution in [0.1, 0.15) is 10.4 Å². The number of carbonyl (C=O) groups excluding carboxylic acids is 1. The number of aromatic nitrogens is 1. The van der Waals surface area contributed by atoms with Crippen LogP contribution in [0.15, 0.2) is 52.4 Å². The van der Waals surface area contributed by atoms with Gasteiger partial charge in [-0.05, 0) is 29.6 Å². The third-order valence-electron chi connectivity index (χ3n) is 2.85. The zero-order valence-corrected chi connectivity index (χ0v) is 12.0. The predicted octanol–water partition coefficient (Wildman–Crippen LogP) is 3.66. The zero-order valence-electron chi connectivity index (χ0n) is 11.2. The second kappa shape index (κ2) is 5.80. The molecule has 1 amide bonds. The standard InChI is InChI=1S/C15H12N2O3S/c1-19-11-5-2-4-10(8-11)15(18)16-14-9-12(17-20-14)13-6-3-7-21-13/h2-9H,1H3,(H,16,18). The largest absolute Gasteiger partial charge is 0.497 e. The molecule has 0 bridgehead atoms. The van der Waals surface area contributed by atoms with Crippen molar-refractivity contribution in [3.8, 4) is 16.3 Å². The monoisotopic (exact) mass is 300 g/mol. The Morgan fingerprint density at radius 1 is 1.29 bits per heavy atom. The third-order valence-corrected chi connectivity index (χ3v) is 3.74. The number of benzene rings is 1. The minimum absolute atomic E-state index is 0.275. The Morgan fingerprint density at radius 2 is 2.19 bits per heavy atom. The van der Waals surface area contributed by atoms with Crippen LogP contribution < -0.4 is 10.1 Å². The molecule has 0 aliphatic rings. The Morgan fingerprint density at radius 3 is 2.95 bits per heavy atom. The van der Waals surface area contributed by atoms with Gasteiger partial charge in [-0.3, -0.25) is 10.1 Å². The maximum atomic E-state index is 12.1. The normalized spacial score (nSPS) is 10.3. The van der Waals surface area contributed by atoms with E-state index in [1.54, 1.807) is 48.8 Å². The van der Waals surface area contributed by atoms with Crippen molar-refractivity contribution < 1.29 is 14.1 Å². The molecule has 21 heavy (non-hydrogen) atoms. The van der Waals surface area contributed by atoms with Crippen LogP contribution in [0.2, 0.25) is 0 Å². The average Bonchev–Trinajstić information content (AvgIpc) is 3.18. The summed E-state index contributed by atoms with van der Waals surface area (Å²) in [7, 11) is 1.56. The molecule has 0 atom stereocenters. The summed E-state index contributed by atoms with van der Waals surface area (Å²) in [4.78, 5) is 13.1. The van der Waals surface area contributed by atoms with E-state index in [0.29, 0.717) is 22.9 Å². The summed E-state index contributed by atoms with van der Waals surface area (Å²) < 4.78 is 10.2. The summed E-state index contributed by atoms with van der Waals surface area (Å²) in [5, 5.41) is 8.56. The molecule has 3 aromatic rings. The van der Waals surface area contributed by atoms with Crippen LogP contribution in [0, 0.1) is 0 Å². The number of carbonyl (C=O) groups is 1. The number of methoxy groups -OCH3 is 1. The van der Waals surface area contributed by atoms with Gasteiger partial charge in [-0.2, -0.15) is 0 Å². The van der Waals surface area contributed by atoms with Gasteiger partial charge in [-0.1, -0.05) is 17.3 Å². The smallest absolute Gasteiger partial charge is 0.258 e. The van der Waals surface area contributed by atoms with Gasteiger partial charge in [-0.25, -0.2) is 0 Å². The lowest BCUT2D eigenvalue weighted by molar-refractivity contribution is 0.102. The summed E-state index contributed by atoms with van der Waals surface area (Å²) in [6.45, 7) is 0. The highest BCUT2D eigenvalue weighted by molar-refractivity contribution is 7.13. The van der Waals surface area contributed by atoms with E-state index in [1.165, 1.54) is 0 Å². The van der Waals surface area contributed by atoms with E-state index in [1.807, 2.05) is 17.5 Å². The number of nitrogens with one attached hydrogen (secondary N) is 1. The van der Waals surface area contributed by atoms with Gasteiger partial charge in [0.2, 0.25) is 5.88 Å². The van der Waals surface area contributed by atoms with Crippen LogP contribution in [-0.2, 0) is 0 Å². The van der Waals surface area contributed by atoms with Gasteiger partial charge in [0.05, 0.1) is 12.0 Å². The molecule has 1 N–H and O–H groups in total. The van der Waals surface area contributed by atoms with Crippen molar-refractivity contribution in [2.24, 2.45) is 0 Å². The summed E-state index contributed by atoms with van der Waals surface area (Å²) in [5.41, 5.74) is 1.19. The molecule has 0 saturated heterocycles. The zero-order chi connectivity index (χ0) is 14.7. The second-order valence-corrected chi connectivity index (χ2v) is 5.19. The van der Waals surface area contributed by atoms with Crippen molar-refractivity contribution in [3.63, 3.8) is 0 Å². The number of thiophene rings is 1. The molecular weight excluding hydrogens is 288 g/mol. The average molecular weight is 300 g/mol. The highest BCUT2D eigenvalue weighted by atomic mass is 32.1. The first-order valence-corrected chi connectivity index (χ1v) is 7.10. The van der Waals surface area contributed by atoms with Crippen LogP contribution in [0.3, 0.4) is 0 Å². The van der Waals surface area contributed by atoms with Crippen molar-refractivity contribution in [3.05, 3.63) is 53.4 Å². The predicted molar refractivity (Wildman–Crippen MR) is 80.8 cm³/mol. The minimum Gasteiger partial charge on any atom is -0.497 e. The van der Waals surface area contributed by atoms with Gasteiger partial charge in [0.15, 0.2) is 0 Å². The Kier molecular flexibility index (Phi) is 3.70. The fraction of sp³-hybridized carbons (Fsp3) is 0.0667.